The first-order valence-corrected chi connectivity index (χ1v) is 7.13. The fraction of sp³-hybridized carbons (Fsp3) is 0.625. The molecule has 0 bridgehead atoms. The van der Waals surface area contributed by atoms with Crippen LogP contribution in [0.25, 0.3) is 0 Å². The smallest absolute Gasteiger partial charge is 0.00684 e. The van der Waals surface area contributed by atoms with Crippen LogP contribution in [-0.2, 0) is 0 Å². The van der Waals surface area contributed by atoms with Gasteiger partial charge in [-0.2, -0.15) is 0 Å². The molecule has 1 N–H and O–H groups in total. The Kier molecular flexibility index (Phi) is 3.19. The predicted molar refractivity (Wildman–Crippen MR) is 72.3 cm³/mol. The van der Waals surface area contributed by atoms with Gasteiger partial charge in [0.1, 0.15) is 0 Å². The van der Waals surface area contributed by atoms with Crippen LogP contribution < -0.4 is 5.32 Å². The molecule has 0 radical (unpaired) electrons. The minimum absolute atomic E-state index is 0.755. The first-order chi connectivity index (χ1) is 8.33. The Morgan fingerprint density at radius 1 is 1.12 bits per heavy atom. The number of rotatable bonds is 5. The van der Waals surface area contributed by atoms with Crippen molar-refractivity contribution in [3.63, 3.8) is 0 Å². The van der Waals surface area contributed by atoms with Crippen LogP contribution in [-0.4, -0.2) is 12.6 Å². The first kappa shape index (κ1) is 11.3. The molecule has 1 heteroatoms. The molecule has 0 amide bonds. The van der Waals surface area contributed by atoms with E-state index in [-0.39, 0.29) is 0 Å². The highest BCUT2D eigenvalue weighted by Gasteiger charge is 2.30. The molecule has 2 saturated carbocycles. The first-order valence-electron chi connectivity index (χ1n) is 7.13. The van der Waals surface area contributed by atoms with Crippen LogP contribution in [0, 0.1) is 12.8 Å². The summed E-state index contributed by atoms with van der Waals surface area (Å²) in [6.45, 7) is 3.36. The summed E-state index contributed by atoms with van der Waals surface area (Å²) in [5, 5.41) is 3.72. The highest BCUT2D eigenvalue weighted by atomic mass is 14.9. The number of benzene rings is 1. The molecule has 1 atom stereocenters. The second-order valence-corrected chi connectivity index (χ2v) is 5.89. The van der Waals surface area contributed by atoms with Crippen molar-refractivity contribution < 1.29 is 0 Å². The summed E-state index contributed by atoms with van der Waals surface area (Å²) in [6, 6.07) is 10.0. The molecule has 2 fully saturated rings. The standard InChI is InChI=1S/C16H23N/c1-12-5-7-14(8-6-12)16(13-3-2-4-13)11-17-15-9-10-15/h5-8,13,15-17H,2-4,9-11H2,1H3. The lowest BCUT2D eigenvalue weighted by atomic mass is 9.73. The maximum absolute atomic E-state index is 3.72. The summed E-state index contributed by atoms with van der Waals surface area (Å²) in [7, 11) is 0. The largest absolute Gasteiger partial charge is 0.313 e. The van der Waals surface area contributed by atoms with Crippen molar-refractivity contribution in [2.75, 3.05) is 6.54 Å². The summed E-state index contributed by atoms with van der Waals surface area (Å²) in [5.41, 5.74) is 2.92. The third kappa shape index (κ3) is 2.71. The summed E-state index contributed by atoms with van der Waals surface area (Å²) in [4.78, 5) is 0. The summed E-state index contributed by atoms with van der Waals surface area (Å²) in [6.07, 6.45) is 7.10. The van der Waals surface area contributed by atoms with Gasteiger partial charge in [-0.1, -0.05) is 36.2 Å². The van der Waals surface area contributed by atoms with Gasteiger partial charge in [-0.15, -0.1) is 0 Å². The van der Waals surface area contributed by atoms with Gasteiger partial charge in [-0.05, 0) is 50.0 Å². The van der Waals surface area contributed by atoms with E-state index in [1.165, 1.54) is 44.2 Å². The van der Waals surface area contributed by atoms with Crippen molar-refractivity contribution >= 4 is 0 Å². The van der Waals surface area contributed by atoms with Crippen molar-refractivity contribution in [1.29, 1.82) is 0 Å². The highest BCUT2D eigenvalue weighted by molar-refractivity contribution is 5.26. The zero-order valence-corrected chi connectivity index (χ0v) is 10.8. The summed E-state index contributed by atoms with van der Waals surface area (Å²) >= 11 is 0. The van der Waals surface area contributed by atoms with Gasteiger partial charge >= 0.3 is 0 Å². The molecule has 1 aromatic carbocycles. The lowest BCUT2D eigenvalue weighted by Crippen LogP contribution is -2.31. The number of nitrogens with one attached hydrogen (secondary N) is 1. The lowest BCUT2D eigenvalue weighted by Gasteiger charge is -2.34. The zero-order valence-electron chi connectivity index (χ0n) is 10.8. The van der Waals surface area contributed by atoms with Crippen molar-refractivity contribution in [1.82, 2.24) is 5.32 Å². The molecule has 0 aromatic heterocycles. The summed E-state index contributed by atoms with van der Waals surface area (Å²) in [5.74, 6) is 1.69. The average molecular weight is 229 g/mol. The van der Waals surface area contributed by atoms with Gasteiger partial charge in [-0.3, -0.25) is 0 Å². The zero-order chi connectivity index (χ0) is 11.7. The van der Waals surface area contributed by atoms with Crippen LogP contribution >= 0.6 is 0 Å². The van der Waals surface area contributed by atoms with E-state index in [0.29, 0.717) is 0 Å². The second-order valence-electron chi connectivity index (χ2n) is 5.89. The van der Waals surface area contributed by atoms with E-state index in [4.69, 9.17) is 0 Å². The molecular formula is C16H23N. The number of aryl methyl sites for hydroxylation is 1. The molecule has 0 heterocycles. The normalized spacial score (nSPS) is 22.2. The van der Waals surface area contributed by atoms with E-state index in [0.717, 1.165) is 17.9 Å². The third-order valence-electron chi connectivity index (χ3n) is 4.43. The molecule has 0 aliphatic heterocycles. The Morgan fingerprint density at radius 2 is 1.82 bits per heavy atom. The Labute approximate surface area is 105 Å². The van der Waals surface area contributed by atoms with Crippen LogP contribution in [0.5, 0.6) is 0 Å². The van der Waals surface area contributed by atoms with Crippen LogP contribution in [0.2, 0.25) is 0 Å². The quantitative estimate of drug-likeness (QED) is 0.813. The molecule has 1 aromatic rings. The van der Waals surface area contributed by atoms with Gasteiger partial charge in [-0.25, -0.2) is 0 Å². The van der Waals surface area contributed by atoms with E-state index >= 15 is 0 Å². The predicted octanol–water partition coefficient (Wildman–Crippen LogP) is 3.63. The van der Waals surface area contributed by atoms with Gasteiger partial charge in [0.2, 0.25) is 0 Å². The maximum Gasteiger partial charge on any atom is 0.00684 e. The third-order valence-corrected chi connectivity index (χ3v) is 4.43. The second kappa shape index (κ2) is 4.81. The van der Waals surface area contributed by atoms with E-state index < -0.39 is 0 Å². The molecule has 0 spiro atoms. The molecule has 17 heavy (non-hydrogen) atoms. The minimum atomic E-state index is 0.755. The fourth-order valence-electron chi connectivity index (χ4n) is 2.79. The van der Waals surface area contributed by atoms with E-state index in [1.54, 1.807) is 5.56 Å². The van der Waals surface area contributed by atoms with Crippen molar-refractivity contribution in [2.45, 2.75) is 51.0 Å². The maximum atomic E-state index is 3.72. The van der Waals surface area contributed by atoms with Gasteiger partial charge in [0.05, 0.1) is 0 Å². The average Bonchev–Trinajstić information content (AvgIpc) is 3.06. The van der Waals surface area contributed by atoms with Crippen molar-refractivity contribution in [3.8, 4) is 0 Å². The molecule has 0 saturated heterocycles. The van der Waals surface area contributed by atoms with E-state index in [9.17, 15) is 0 Å². The molecule has 92 valence electrons. The van der Waals surface area contributed by atoms with Crippen LogP contribution in [0.3, 0.4) is 0 Å². The topological polar surface area (TPSA) is 12.0 Å². The van der Waals surface area contributed by atoms with E-state index in [2.05, 4.69) is 36.5 Å². The number of hydrogen-bond donors (Lipinski definition) is 1. The molecule has 3 rings (SSSR count). The van der Waals surface area contributed by atoms with Gasteiger partial charge in [0, 0.05) is 12.6 Å². The van der Waals surface area contributed by atoms with Crippen molar-refractivity contribution in [2.24, 2.45) is 5.92 Å². The molecule has 2 aliphatic rings. The van der Waals surface area contributed by atoms with E-state index in [1.807, 2.05) is 0 Å². The Hall–Kier alpha value is -0.820. The number of hydrogen-bond acceptors (Lipinski definition) is 1. The SMILES string of the molecule is Cc1ccc(C(CNC2CC2)C2CCC2)cc1. The Balaban J connectivity index is 1.69. The van der Waals surface area contributed by atoms with Gasteiger partial charge < -0.3 is 5.32 Å². The van der Waals surface area contributed by atoms with Crippen LogP contribution in [0.1, 0.15) is 49.1 Å². The van der Waals surface area contributed by atoms with Crippen LogP contribution in [0.15, 0.2) is 24.3 Å². The summed E-state index contributed by atoms with van der Waals surface area (Å²) < 4.78 is 0. The Bertz CT molecular complexity index is 360. The Morgan fingerprint density at radius 3 is 2.35 bits per heavy atom. The monoisotopic (exact) mass is 229 g/mol. The van der Waals surface area contributed by atoms with Crippen LogP contribution in [0.4, 0.5) is 0 Å². The molecule has 1 unspecified atom stereocenters. The van der Waals surface area contributed by atoms with Gasteiger partial charge in [0.25, 0.3) is 0 Å². The lowest BCUT2D eigenvalue weighted by molar-refractivity contribution is 0.254. The minimum Gasteiger partial charge on any atom is -0.313 e. The highest BCUT2D eigenvalue weighted by Crippen LogP contribution is 2.39. The van der Waals surface area contributed by atoms with Gasteiger partial charge in [0.15, 0.2) is 0 Å². The fourth-order valence-corrected chi connectivity index (χ4v) is 2.79. The molecule has 1 nitrogen and oxygen atoms in total. The molecular weight excluding hydrogens is 206 g/mol. The molecule has 2 aliphatic carbocycles. The van der Waals surface area contributed by atoms with Crippen molar-refractivity contribution in [3.05, 3.63) is 35.4 Å².